The highest BCUT2D eigenvalue weighted by molar-refractivity contribution is 5.94. The molecule has 6 heteroatoms. The fraction of sp³-hybridized carbons (Fsp3) is 0.565. The van der Waals surface area contributed by atoms with Gasteiger partial charge < -0.3 is 19.1 Å². The highest BCUT2D eigenvalue weighted by Crippen LogP contribution is 2.55. The molecule has 3 heterocycles. The van der Waals surface area contributed by atoms with Gasteiger partial charge in [-0.2, -0.15) is 0 Å². The molecule has 1 aromatic carbocycles. The summed E-state index contributed by atoms with van der Waals surface area (Å²) in [6.45, 7) is 4.05. The van der Waals surface area contributed by atoms with Gasteiger partial charge in [0.15, 0.2) is 0 Å². The summed E-state index contributed by atoms with van der Waals surface area (Å²) < 4.78 is 11.2. The molecule has 1 aromatic rings. The smallest absolute Gasteiger partial charge is 0.337 e. The molecule has 0 saturated carbocycles. The van der Waals surface area contributed by atoms with Crippen molar-refractivity contribution in [2.75, 3.05) is 34.4 Å². The van der Waals surface area contributed by atoms with Crippen LogP contribution in [0.5, 0.6) is 0 Å². The van der Waals surface area contributed by atoms with Gasteiger partial charge in [-0.1, -0.05) is 25.1 Å². The molecule has 5 atom stereocenters. The van der Waals surface area contributed by atoms with Crippen LogP contribution in [-0.4, -0.2) is 56.7 Å². The van der Waals surface area contributed by atoms with Gasteiger partial charge in [0.2, 0.25) is 0 Å². The van der Waals surface area contributed by atoms with Gasteiger partial charge >= 0.3 is 5.97 Å². The Bertz CT molecular complexity index is 879. The number of carbonyl (C=O) groups is 1. The molecule has 0 radical (unpaired) electrons. The number of benzene rings is 1. The largest absolute Gasteiger partial charge is 0.861 e. The fourth-order valence-electron chi connectivity index (χ4n) is 6.22. The first kappa shape index (κ1) is 20.0. The van der Waals surface area contributed by atoms with E-state index in [4.69, 9.17) is 9.47 Å². The number of rotatable bonds is 4. The van der Waals surface area contributed by atoms with Crippen molar-refractivity contribution in [3.8, 4) is 0 Å². The van der Waals surface area contributed by atoms with Crippen molar-refractivity contribution in [3.63, 3.8) is 0 Å². The van der Waals surface area contributed by atoms with E-state index in [1.54, 1.807) is 7.11 Å². The molecule has 0 amide bonds. The lowest BCUT2D eigenvalue weighted by Crippen LogP contribution is -2.63. The number of piperidine rings is 1. The molecule has 6 nitrogen and oxygen atoms in total. The number of methoxy groups -OCH3 is 2. The van der Waals surface area contributed by atoms with Crippen LogP contribution in [0.15, 0.2) is 41.1 Å². The normalized spacial score (nSPS) is 35.8. The molecule has 29 heavy (non-hydrogen) atoms. The molecule has 1 spiro atoms. The molecular formula is C23H30N2O4. The molecule has 0 aliphatic carbocycles. The molecule has 156 valence electrons. The Labute approximate surface area is 172 Å². The van der Waals surface area contributed by atoms with Crippen LogP contribution in [0, 0.1) is 11.8 Å². The number of ether oxygens (including phenoxy) is 2. The molecule has 0 N–H and O–H groups in total. The summed E-state index contributed by atoms with van der Waals surface area (Å²) in [4.78, 5) is 17.0. The average molecular weight is 399 g/mol. The summed E-state index contributed by atoms with van der Waals surface area (Å²) in [6, 6.07) is 8.01. The maximum Gasteiger partial charge on any atom is 0.337 e. The summed E-state index contributed by atoms with van der Waals surface area (Å²) in [6.07, 6.45) is 4.05. The van der Waals surface area contributed by atoms with E-state index in [0.29, 0.717) is 11.5 Å². The van der Waals surface area contributed by atoms with E-state index in [2.05, 4.69) is 25.0 Å². The number of aliphatic imine (C=N–C) groups is 1. The van der Waals surface area contributed by atoms with Crippen molar-refractivity contribution in [3.05, 3.63) is 41.7 Å². The van der Waals surface area contributed by atoms with Crippen molar-refractivity contribution in [2.45, 2.75) is 37.6 Å². The summed E-state index contributed by atoms with van der Waals surface area (Å²) in [5, 5.41) is 13.3. The number of likely N-dealkylation sites (N-methyl/N-ethyl adjacent to an activating group) is 1. The van der Waals surface area contributed by atoms with Crippen LogP contribution in [0.3, 0.4) is 0 Å². The van der Waals surface area contributed by atoms with E-state index >= 15 is 0 Å². The Morgan fingerprint density at radius 1 is 1.38 bits per heavy atom. The number of nitrogens with zero attached hydrogens (tertiary/aromatic N) is 2. The Morgan fingerprint density at radius 3 is 2.83 bits per heavy atom. The van der Waals surface area contributed by atoms with Crippen LogP contribution in [0.25, 0.3) is 0 Å². The Hall–Kier alpha value is -2.34. The van der Waals surface area contributed by atoms with Gasteiger partial charge in [-0.05, 0) is 23.9 Å². The Morgan fingerprint density at radius 2 is 2.14 bits per heavy atom. The second-order valence-corrected chi connectivity index (χ2v) is 8.87. The molecule has 3 aliphatic heterocycles. The molecule has 0 aromatic heterocycles. The maximum atomic E-state index is 13.3. The van der Waals surface area contributed by atoms with Crippen LogP contribution in [0.1, 0.15) is 31.7 Å². The lowest BCUT2D eigenvalue weighted by Gasteiger charge is -2.51. The first-order valence-corrected chi connectivity index (χ1v) is 10.4. The van der Waals surface area contributed by atoms with Crippen molar-refractivity contribution in [2.24, 2.45) is 16.8 Å². The Balaban J connectivity index is 1.79. The fourth-order valence-corrected chi connectivity index (χ4v) is 6.22. The topological polar surface area (TPSA) is 71.0 Å². The summed E-state index contributed by atoms with van der Waals surface area (Å²) in [7, 11) is 5.23. The summed E-state index contributed by atoms with van der Waals surface area (Å²) in [5.74, 6) is -0.0365. The van der Waals surface area contributed by atoms with E-state index in [1.165, 1.54) is 13.4 Å². The van der Waals surface area contributed by atoms with E-state index in [9.17, 15) is 9.90 Å². The van der Waals surface area contributed by atoms with E-state index in [1.807, 2.05) is 18.2 Å². The molecule has 0 bridgehead atoms. The third-order valence-electron chi connectivity index (χ3n) is 7.61. The zero-order valence-corrected chi connectivity index (χ0v) is 17.7. The first-order chi connectivity index (χ1) is 13.9. The third-order valence-corrected chi connectivity index (χ3v) is 7.61. The average Bonchev–Trinajstić information content (AvgIpc) is 3.19. The van der Waals surface area contributed by atoms with Crippen LogP contribution in [-0.2, 0) is 19.7 Å². The van der Waals surface area contributed by atoms with Crippen molar-refractivity contribution < 1.29 is 23.9 Å². The predicted octanol–water partition coefficient (Wildman–Crippen LogP) is 2.30. The zero-order valence-electron chi connectivity index (χ0n) is 17.7. The second kappa shape index (κ2) is 7.17. The highest BCUT2D eigenvalue weighted by Gasteiger charge is 2.63. The number of quaternary nitrogens is 1. The standard InChI is InChI=1S/C23H30N2O4/c1-5-15-13-25(2)11-10-23(18-8-6-7-9-19(18)24-22(23)27)20(25)12-16(15)17(14-28-3)21(26)29-4/h6-9,14-16,20H,5,10-13H2,1-4H3/b17-14-/t15-,16-,20+,23+,25+/m0/s1. The van der Waals surface area contributed by atoms with Gasteiger partial charge in [0.05, 0.1) is 57.3 Å². The van der Waals surface area contributed by atoms with Crippen LogP contribution < -0.4 is 5.11 Å². The van der Waals surface area contributed by atoms with Gasteiger partial charge in [0.25, 0.3) is 0 Å². The first-order valence-electron chi connectivity index (χ1n) is 10.4. The van der Waals surface area contributed by atoms with Gasteiger partial charge in [0, 0.05) is 24.7 Å². The predicted molar refractivity (Wildman–Crippen MR) is 109 cm³/mol. The molecule has 0 unspecified atom stereocenters. The van der Waals surface area contributed by atoms with E-state index in [-0.39, 0.29) is 23.8 Å². The minimum Gasteiger partial charge on any atom is -0.861 e. The van der Waals surface area contributed by atoms with Crippen molar-refractivity contribution in [1.29, 1.82) is 0 Å². The highest BCUT2D eigenvalue weighted by atomic mass is 16.5. The van der Waals surface area contributed by atoms with Gasteiger partial charge in [-0.15, -0.1) is 0 Å². The van der Waals surface area contributed by atoms with Gasteiger partial charge in [-0.25, -0.2) is 4.79 Å². The molecule has 4 rings (SSSR count). The Kier molecular flexibility index (Phi) is 4.93. The second-order valence-electron chi connectivity index (χ2n) is 8.87. The molecule has 2 saturated heterocycles. The molecule has 3 aliphatic rings. The number of esters is 1. The summed E-state index contributed by atoms with van der Waals surface area (Å²) in [5.41, 5.74) is 1.85. The maximum absolute atomic E-state index is 13.3. The number of carbonyl (C=O) groups excluding carboxylic acids is 1. The lowest BCUT2D eigenvalue weighted by atomic mass is 9.66. The molecule has 2 fully saturated rings. The van der Waals surface area contributed by atoms with Crippen LogP contribution >= 0.6 is 0 Å². The van der Waals surface area contributed by atoms with Gasteiger partial charge in [0.1, 0.15) is 6.04 Å². The zero-order chi connectivity index (χ0) is 20.8. The lowest BCUT2D eigenvalue weighted by molar-refractivity contribution is -0.932. The SMILES string of the molecule is CC[C@H]1C[N@@+]2(C)CC[C@]3(C([O-])=Nc4ccccc43)[C@H]2C[C@@H]1/C(=C/OC)C(=O)OC. The van der Waals surface area contributed by atoms with E-state index < -0.39 is 5.41 Å². The minimum atomic E-state index is -0.587. The van der Waals surface area contributed by atoms with Crippen molar-refractivity contribution in [1.82, 2.24) is 0 Å². The number of hydrogen-bond acceptors (Lipinski definition) is 5. The third kappa shape index (κ3) is 2.80. The van der Waals surface area contributed by atoms with Crippen molar-refractivity contribution >= 4 is 17.6 Å². The van der Waals surface area contributed by atoms with Crippen LogP contribution in [0.4, 0.5) is 5.69 Å². The quantitative estimate of drug-likeness (QED) is 0.338. The molecular weight excluding hydrogens is 368 g/mol. The van der Waals surface area contributed by atoms with Crippen LogP contribution in [0.2, 0.25) is 0 Å². The van der Waals surface area contributed by atoms with Gasteiger partial charge in [-0.3, -0.25) is 4.99 Å². The summed E-state index contributed by atoms with van der Waals surface area (Å²) >= 11 is 0. The monoisotopic (exact) mass is 398 g/mol. The number of hydrogen-bond donors (Lipinski definition) is 0. The van der Waals surface area contributed by atoms with E-state index in [0.717, 1.165) is 48.1 Å². The minimum absolute atomic E-state index is 0.000799. The number of fused-ring (bicyclic) bond motifs is 4. The number of para-hydroxylation sites is 1.